The summed E-state index contributed by atoms with van der Waals surface area (Å²) in [5.41, 5.74) is 0. The van der Waals surface area contributed by atoms with Crippen molar-refractivity contribution in [3.63, 3.8) is 0 Å². The zero-order chi connectivity index (χ0) is 23.7. The molecule has 0 amide bonds. The molecule has 0 aromatic carbocycles. The quantitative estimate of drug-likeness (QED) is 0.153. The van der Waals surface area contributed by atoms with Gasteiger partial charge in [0.1, 0.15) is 0 Å². The van der Waals surface area contributed by atoms with Crippen LogP contribution in [-0.2, 0) is 0 Å². The molecule has 0 aliphatic rings. The minimum atomic E-state index is 1.08. The molecule has 6 aromatic heterocycles. The van der Waals surface area contributed by atoms with Crippen LogP contribution < -0.4 is 0 Å². The second-order valence-corrected chi connectivity index (χ2v) is 16.5. The predicted octanol–water partition coefficient (Wildman–Crippen LogP) is 12.6. The van der Waals surface area contributed by atoms with Crippen molar-refractivity contribution in [2.75, 3.05) is 0 Å². The van der Waals surface area contributed by atoms with E-state index >= 15 is 0 Å². The molecule has 6 heterocycles. The van der Waals surface area contributed by atoms with Gasteiger partial charge in [0.2, 0.25) is 0 Å². The van der Waals surface area contributed by atoms with Crippen LogP contribution >= 0.6 is 132 Å². The average Bonchev–Trinajstić information content (AvgIpc) is 3.60. The molecule has 168 valence electrons. The van der Waals surface area contributed by atoms with Crippen LogP contribution in [0.3, 0.4) is 0 Å². The third-order valence-corrected chi connectivity index (χ3v) is 17.3. The summed E-state index contributed by atoms with van der Waals surface area (Å²) in [7, 11) is 0. The van der Waals surface area contributed by atoms with Gasteiger partial charge in [0.05, 0.1) is 66.4 Å². The summed E-state index contributed by atoms with van der Waals surface area (Å²) in [4.78, 5) is 7.18. The van der Waals surface area contributed by atoms with Gasteiger partial charge in [-0.2, -0.15) is 0 Å². The van der Waals surface area contributed by atoms with E-state index in [-0.39, 0.29) is 0 Å². The van der Waals surface area contributed by atoms with E-state index in [0.29, 0.717) is 0 Å². The number of fused-ring (bicyclic) bond motifs is 5. The van der Waals surface area contributed by atoms with E-state index in [1.165, 1.54) is 56.7 Å². The highest BCUT2D eigenvalue weighted by Crippen LogP contribution is 2.58. The van der Waals surface area contributed by atoms with E-state index in [4.69, 9.17) is 0 Å². The van der Waals surface area contributed by atoms with Crippen molar-refractivity contribution in [3.05, 3.63) is 39.8 Å². The van der Waals surface area contributed by atoms with E-state index in [2.05, 4.69) is 99.5 Å². The number of halogens is 4. The van der Waals surface area contributed by atoms with Crippen molar-refractivity contribution in [3.8, 4) is 43.2 Å². The van der Waals surface area contributed by atoms with Crippen LogP contribution in [0.15, 0.2) is 30.0 Å². The van der Waals surface area contributed by atoms with Crippen LogP contribution in [0.4, 0.5) is 0 Å². The van der Waals surface area contributed by atoms with Gasteiger partial charge in [0, 0.05) is 8.95 Å². The highest BCUT2D eigenvalue weighted by molar-refractivity contribution is 9.11. The first kappa shape index (κ1) is 24.4. The molecule has 0 atom stereocenters. The molecule has 0 spiro atoms. The summed E-state index contributed by atoms with van der Waals surface area (Å²) in [6.07, 6.45) is 0. The lowest BCUT2D eigenvalue weighted by Gasteiger charge is -1.95. The Balaban J connectivity index is 1.53. The standard InChI is InChI=1S/C24H8Br4S6/c1-3-5-9-7-11(25)15(29-9)17-13(27)19-21(31-17)23-24(33-19)22-20(34-23)14(28)18(32-22)16-12(26)8-10(30-16)6-4-2/h7-8H,1-2H3. The largest absolute Gasteiger partial charge is 0.131 e. The third-order valence-electron chi connectivity index (χ3n) is 4.93. The van der Waals surface area contributed by atoms with Gasteiger partial charge in [-0.15, -0.1) is 79.9 Å². The van der Waals surface area contributed by atoms with E-state index in [1.807, 2.05) is 59.2 Å². The van der Waals surface area contributed by atoms with E-state index < -0.39 is 0 Å². The number of thiophene rings is 6. The van der Waals surface area contributed by atoms with Crippen LogP contribution in [-0.4, -0.2) is 0 Å². The summed E-state index contributed by atoms with van der Waals surface area (Å²) >= 11 is 26.4. The van der Waals surface area contributed by atoms with Crippen molar-refractivity contribution in [2.24, 2.45) is 0 Å². The molecule has 0 unspecified atom stereocenters. The van der Waals surface area contributed by atoms with Crippen molar-refractivity contribution in [1.29, 1.82) is 0 Å². The number of rotatable bonds is 2. The van der Waals surface area contributed by atoms with Gasteiger partial charge in [-0.1, -0.05) is 11.8 Å². The smallest absolute Gasteiger partial charge is 0.0786 e. The molecule has 0 radical (unpaired) electrons. The highest BCUT2D eigenvalue weighted by Gasteiger charge is 2.25. The maximum Gasteiger partial charge on any atom is 0.0786 e. The Hall–Kier alpha value is 0.0200. The average molecular weight is 808 g/mol. The lowest BCUT2D eigenvalue weighted by molar-refractivity contribution is 1.81. The van der Waals surface area contributed by atoms with Gasteiger partial charge in [-0.3, -0.25) is 0 Å². The van der Waals surface area contributed by atoms with E-state index in [1.54, 1.807) is 22.7 Å². The lowest BCUT2D eigenvalue weighted by Crippen LogP contribution is -1.66. The zero-order valence-corrected chi connectivity index (χ0v) is 28.4. The van der Waals surface area contributed by atoms with Crippen LogP contribution in [0.1, 0.15) is 23.6 Å². The Kier molecular flexibility index (Phi) is 6.73. The van der Waals surface area contributed by atoms with Crippen molar-refractivity contribution >= 4 is 160 Å². The molecule has 0 aliphatic heterocycles. The Bertz CT molecular complexity index is 1760. The second kappa shape index (κ2) is 9.40. The predicted molar refractivity (Wildman–Crippen MR) is 173 cm³/mol. The first-order valence-corrected chi connectivity index (χ1v) is 17.7. The molecule has 34 heavy (non-hydrogen) atoms. The summed E-state index contributed by atoms with van der Waals surface area (Å²) < 4.78 is 12.7. The molecule has 0 nitrogen and oxygen atoms in total. The number of hydrogen-bond acceptors (Lipinski definition) is 6. The Morgan fingerprint density at radius 2 is 0.882 bits per heavy atom. The molecule has 0 aliphatic carbocycles. The maximum atomic E-state index is 3.93. The van der Waals surface area contributed by atoms with Crippen molar-refractivity contribution in [1.82, 2.24) is 0 Å². The van der Waals surface area contributed by atoms with Gasteiger partial charge in [0.25, 0.3) is 0 Å². The van der Waals surface area contributed by atoms with Crippen LogP contribution in [0, 0.1) is 23.7 Å². The Morgan fingerprint density at radius 3 is 1.26 bits per heavy atom. The minimum absolute atomic E-state index is 1.08. The fourth-order valence-corrected chi connectivity index (χ4v) is 15.6. The van der Waals surface area contributed by atoms with Crippen molar-refractivity contribution < 1.29 is 0 Å². The molecular formula is C24H8Br4S6. The summed E-state index contributed by atoms with van der Waals surface area (Å²) in [6, 6.07) is 4.23. The third kappa shape index (κ3) is 3.80. The van der Waals surface area contributed by atoms with Gasteiger partial charge in [-0.25, -0.2) is 0 Å². The molecular weight excluding hydrogens is 800 g/mol. The van der Waals surface area contributed by atoms with E-state index in [9.17, 15) is 0 Å². The zero-order valence-electron chi connectivity index (χ0n) is 17.1. The van der Waals surface area contributed by atoms with Gasteiger partial charge >= 0.3 is 0 Å². The summed E-state index contributed by atoms with van der Waals surface area (Å²) in [5.74, 6) is 12.4. The molecule has 0 N–H and O–H groups in total. The van der Waals surface area contributed by atoms with Crippen LogP contribution in [0.25, 0.3) is 47.7 Å². The van der Waals surface area contributed by atoms with Crippen LogP contribution in [0.5, 0.6) is 0 Å². The fourth-order valence-electron chi connectivity index (χ4n) is 3.58. The van der Waals surface area contributed by atoms with Gasteiger partial charge in [-0.05, 0) is 89.7 Å². The van der Waals surface area contributed by atoms with E-state index in [0.717, 1.165) is 18.7 Å². The van der Waals surface area contributed by atoms with Crippen molar-refractivity contribution in [2.45, 2.75) is 13.8 Å². The Labute approximate surface area is 253 Å². The molecule has 0 saturated carbocycles. The fraction of sp³-hybridized carbons (Fsp3) is 0.0833. The molecule has 0 saturated heterocycles. The lowest BCUT2D eigenvalue weighted by atomic mass is 10.3. The Morgan fingerprint density at radius 1 is 0.500 bits per heavy atom. The molecule has 0 fully saturated rings. The monoisotopic (exact) mass is 804 g/mol. The van der Waals surface area contributed by atoms with Gasteiger partial charge < -0.3 is 0 Å². The summed E-state index contributed by atoms with van der Waals surface area (Å²) in [5, 5.41) is 0. The maximum absolute atomic E-state index is 3.93. The number of hydrogen-bond donors (Lipinski definition) is 0. The molecule has 6 aromatic rings. The van der Waals surface area contributed by atoms with Crippen LogP contribution in [0.2, 0.25) is 0 Å². The highest BCUT2D eigenvalue weighted by atomic mass is 79.9. The summed E-state index contributed by atoms with van der Waals surface area (Å²) in [6.45, 7) is 3.75. The second-order valence-electron chi connectivity index (χ2n) is 6.99. The first-order chi connectivity index (χ1) is 16.4. The first-order valence-electron chi connectivity index (χ1n) is 9.61. The topological polar surface area (TPSA) is 0 Å². The molecule has 6 rings (SSSR count). The normalized spacial score (nSPS) is 11.4. The van der Waals surface area contributed by atoms with Gasteiger partial charge in [0.15, 0.2) is 0 Å². The SMILES string of the molecule is CC#Cc1cc(Br)c(-c2sc3c(sc4c5sc(-c6sc(C#CC)cc6Br)c(Br)c5sc34)c2Br)s1. The minimum Gasteiger partial charge on any atom is -0.131 e. The molecule has 0 bridgehead atoms. The molecule has 10 heteroatoms.